The Morgan fingerprint density at radius 1 is 1.00 bits per heavy atom. The van der Waals surface area contributed by atoms with E-state index in [-0.39, 0.29) is 11.2 Å². The first-order valence-electron chi connectivity index (χ1n) is 7.59. The Labute approximate surface area is 144 Å². The normalized spacial score (nSPS) is 14.8. The SMILES string of the molecule is O=C(NCC1(c2ccc(F)cc2)CC1)C(=O)Nc1ccc(Cl)cc1. The minimum Gasteiger partial charge on any atom is -0.347 e. The van der Waals surface area contributed by atoms with Crippen LogP contribution in [0.1, 0.15) is 18.4 Å². The van der Waals surface area contributed by atoms with Crippen molar-refractivity contribution in [3.05, 3.63) is 64.9 Å². The minimum absolute atomic E-state index is 0.191. The molecule has 6 heteroatoms. The zero-order valence-electron chi connectivity index (χ0n) is 12.8. The van der Waals surface area contributed by atoms with Crippen LogP contribution < -0.4 is 10.6 Å². The van der Waals surface area contributed by atoms with Crippen molar-refractivity contribution in [2.24, 2.45) is 0 Å². The highest BCUT2D eigenvalue weighted by Crippen LogP contribution is 2.47. The number of halogens is 2. The summed E-state index contributed by atoms with van der Waals surface area (Å²) in [6, 6.07) is 12.8. The summed E-state index contributed by atoms with van der Waals surface area (Å²) < 4.78 is 13.0. The first-order chi connectivity index (χ1) is 11.5. The zero-order chi connectivity index (χ0) is 17.2. The second-order valence-corrected chi connectivity index (χ2v) is 6.37. The van der Waals surface area contributed by atoms with E-state index in [0.717, 1.165) is 18.4 Å². The van der Waals surface area contributed by atoms with Gasteiger partial charge >= 0.3 is 11.8 Å². The second kappa shape index (κ2) is 6.61. The number of nitrogens with one attached hydrogen (secondary N) is 2. The monoisotopic (exact) mass is 346 g/mol. The molecule has 0 heterocycles. The van der Waals surface area contributed by atoms with Gasteiger partial charge in [0.1, 0.15) is 5.82 Å². The molecule has 0 aliphatic heterocycles. The molecule has 0 bridgehead atoms. The molecule has 1 fully saturated rings. The highest BCUT2D eigenvalue weighted by molar-refractivity contribution is 6.39. The van der Waals surface area contributed by atoms with E-state index in [1.165, 1.54) is 12.1 Å². The highest BCUT2D eigenvalue weighted by atomic mass is 35.5. The summed E-state index contributed by atoms with van der Waals surface area (Å²) in [4.78, 5) is 23.9. The van der Waals surface area contributed by atoms with Crippen LogP contribution in [-0.2, 0) is 15.0 Å². The van der Waals surface area contributed by atoms with E-state index < -0.39 is 11.8 Å². The Morgan fingerprint density at radius 3 is 2.21 bits per heavy atom. The van der Waals surface area contributed by atoms with E-state index in [4.69, 9.17) is 11.6 Å². The van der Waals surface area contributed by atoms with Crippen molar-refractivity contribution < 1.29 is 14.0 Å². The quantitative estimate of drug-likeness (QED) is 0.835. The van der Waals surface area contributed by atoms with E-state index in [2.05, 4.69) is 10.6 Å². The Morgan fingerprint density at radius 2 is 1.62 bits per heavy atom. The van der Waals surface area contributed by atoms with Gasteiger partial charge in [0.05, 0.1) is 0 Å². The fraction of sp³-hybridized carbons (Fsp3) is 0.222. The van der Waals surface area contributed by atoms with Crippen molar-refractivity contribution in [3.63, 3.8) is 0 Å². The average Bonchev–Trinajstić information content (AvgIpc) is 3.36. The van der Waals surface area contributed by atoms with Crippen LogP contribution in [0, 0.1) is 5.82 Å². The Bertz CT molecular complexity index is 756. The number of hydrogen-bond acceptors (Lipinski definition) is 2. The lowest BCUT2D eigenvalue weighted by Gasteiger charge is -2.16. The summed E-state index contributed by atoms with van der Waals surface area (Å²) in [7, 11) is 0. The molecule has 0 spiro atoms. The molecule has 24 heavy (non-hydrogen) atoms. The molecule has 0 atom stereocenters. The second-order valence-electron chi connectivity index (χ2n) is 5.93. The maximum absolute atomic E-state index is 13.0. The van der Waals surface area contributed by atoms with Crippen LogP contribution in [0.25, 0.3) is 0 Å². The first kappa shape index (κ1) is 16.5. The van der Waals surface area contributed by atoms with Gasteiger partial charge in [0.15, 0.2) is 0 Å². The van der Waals surface area contributed by atoms with Gasteiger partial charge in [-0.2, -0.15) is 0 Å². The van der Waals surface area contributed by atoms with Gasteiger partial charge < -0.3 is 10.6 Å². The summed E-state index contributed by atoms with van der Waals surface area (Å²) in [5, 5.41) is 5.72. The maximum Gasteiger partial charge on any atom is 0.313 e. The van der Waals surface area contributed by atoms with Gasteiger partial charge in [-0.15, -0.1) is 0 Å². The minimum atomic E-state index is -0.729. The maximum atomic E-state index is 13.0. The Kier molecular flexibility index (Phi) is 4.53. The topological polar surface area (TPSA) is 58.2 Å². The molecule has 3 rings (SSSR count). The van der Waals surface area contributed by atoms with Crippen molar-refractivity contribution in [2.45, 2.75) is 18.3 Å². The van der Waals surface area contributed by atoms with Crippen molar-refractivity contribution >= 4 is 29.1 Å². The molecule has 2 aromatic carbocycles. The summed E-state index contributed by atoms with van der Waals surface area (Å²) in [6.45, 7) is 0.353. The third-order valence-corrected chi connectivity index (χ3v) is 4.46. The molecule has 0 radical (unpaired) electrons. The summed E-state index contributed by atoms with van der Waals surface area (Å²) in [5.74, 6) is -1.72. The molecule has 124 valence electrons. The predicted molar refractivity (Wildman–Crippen MR) is 90.4 cm³/mol. The van der Waals surface area contributed by atoms with Crippen LogP contribution in [-0.4, -0.2) is 18.4 Å². The summed E-state index contributed by atoms with van der Waals surface area (Å²) in [5.41, 5.74) is 1.28. The Hall–Kier alpha value is -2.40. The largest absolute Gasteiger partial charge is 0.347 e. The molecule has 1 aliphatic rings. The summed E-state index contributed by atoms with van der Waals surface area (Å²) >= 11 is 5.77. The van der Waals surface area contributed by atoms with Gasteiger partial charge in [0.2, 0.25) is 0 Å². The van der Waals surface area contributed by atoms with Crippen molar-refractivity contribution in [1.29, 1.82) is 0 Å². The van der Waals surface area contributed by atoms with Crippen LogP contribution >= 0.6 is 11.6 Å². The van der Waals surface area contributed by atoms with E-state index >= 15 is 0 Å². The van der Waals surface area contributed by atoms with Gasteiger partial charge in [0, 0.05) is 22.7 Å². The van der Waals surface area contributed by atoms with Gasteiger partial charge in [-0.05, 0) is 54.8 Å². The van der Waals surface area contributed by atoms with Crippen LogP contribution in [0.15, 0.2) is 48.5 Å². The number of rotatable bonds is 4. The lowest BCUT2D eigenvalue weighted by Crippen LogP contribution is -2.39. The van der Waals surface area contributed by atoms with Crippen LogP contribution in [0.5, 0.6) is 0 Å². The molecule has 2 N–H and O–H groups in total. The molecule has 2 aromatic rings. The lowest BCUT2D eigenvalue weighted by atomic mass is 9.96. The third-order valence-electron chi connectivity index (χ3n) is 4.21. The average molecular weight is 347 g/mol. The van der Waals surface area contributed by atoms with Gasteiger partial charge in [-0.25, -0.2) is 4.39 Å². The molecule has 2 amide bonds. The molecule has 1 saturated carbocycles. The van der Waals surface area contributed by atoms with E-state index in [1.54, 1.807) is 36.4 Å². The molecule has 0 saturated heterocycles. The van der Waals surface area contributed by atoms with Crippen LogP contribution in [0.3, 0.4) is 0 Å². The smallest absolute Gasteiger partial charge is 0.313 e. The first-order valence-corrected chi connectivity index (χ1v) is 7.97. The van der Waals surface area contributed by atoms with E-state index in [0.29, 0.717) is 17.3 Å². The molecule has 4 nitrogen and oxygen atoms in total. The standard InChI is InChI=1S/C18H16ClFN2O2/c19-13-3-7-15(8-4-13)22-17(24)16(23)21-11-18(9-10-18)12-1-5-14(20)6-2-12/h1-8H,9-11H2,(H,21,23)(H,22,24). The van der Waals surface area contributed by atoms with Crippen LogP contribution in [0.2, 0.25) is 5.02 Å². The number of amides is 2. The molecule has 0 unspecified atom stereocenters. The summed E-state index contributed by atoms with van der Waals surface area (Å²) in [6.07, 6.45) is 1.80. The molecule has 0 aromatic heterocycles. The van der Waals surface area contributed by atoms with Crippen LogP contribution in [0.4, 0.5) is 10.1 Å². The fourth-order valence-electron chi connectivity index (χ4n) is 2.57. The van der Waals surface area contributed by atoms with Gasteiger partial charge in [-0.1, -0.05) is 23.7 Å². The molecular formula is C18H16ClFN2O2. The fourth-order valence-corrected chi connectivity index (χ4v) is 2.70. The highest BCUT2D eigenvalue weighted by Gasteiger charge is 2.44. The number of anilines is 1. The van der Waals surface area contributed by atoms with Crippen molar-refractivity contribution in [1.82, 2.24) is 5.32 Å². The van der Waals surface area contributed by atoms with Gasteiger partial charge in [0.25, 0.3) is 0 Å². The van der Waals surface area contributed by atoms with Crippen molar-refractivity contribution in [3.8, 4) is 0 Å². The predicted octanol–water partition coefficient (Wildman–Crippen LogP) is 3.27. The number of hydrogen-bond donors (Lipinski definition) is 2. The lowest BCUT2D eigenvalue weighted by molar-refractivity contribution is -0.136. The number of benzene rings is 2. The Balaban J connectivity index is 1.56. The van der Waals surface area contributed by atoms with E-state index in [9.17, 15) is 14.0 Å². The number of carbonyl (C=O) groups excluding carboxylic acids is 2. The van der Waals surface area contributed by atoms with E-state index in [1.807, 2.05) is 0 Å². The third kappa shape index (κ3) is 3.74. The molecule has 1 aliphatic carbocycles. The zero-order valence-corrected chi connectivity index (χ0v) is 13.6. The van der Waals surface area contributed by atoms with Gasteiger partial charge in [-0.3, -0.25) is 9.59 Å². The number of carbonyl (C=O) groups is 2. The molecular weight excluding hydrogens is 331 g/mol. The van der Waals surface area contributed by atoms with Crippen molar-refractivity contribution in [2.75, 3.05) is 11.9 Å².